The number of piperidine rings is 1. The largest absolute Gasteiger partial charge is 0.444 e. The van der Waals surface area contributed by atoms with Gasteiger partial charge in [0.25, 0.3) is 0 Å². The van der Waals surface area contributed by atoms with Crippen LogP contribution in [0.25, 0.3) is 0 Å². The van der Waals surface area contributed by atoms with E-state index in [2.05, 4.69) is 39.9 Å². The Balaban J connectivity index is 1.70. The number of carbonyl (C=O) groups is 1. The van der Waals surface area contributed by atoms with Crippen molar-refractivity contribution in [3.63, 3.8) is 0 Å². The van der Waals surface area contributed by atoms with E-state index in [9.17, 15) is 4.79 Å². The summed E-state index contributed by atoms with van der Waals surface area (Å²) in [6.45, 7) is 6.90. The van der Waals surface area contributed by atoms with Gasteiger partial charge in [-0.2, -0.15) is 12.6 Å². The van der Waals surface area contributed by atoms with Gasteiger partial charge in [0.05, 0.1) is 11.1 Å². The molecule has 1 aromatic rings. The summed E-state index contributed by atoms with van der Waals surface area (Å²) < 4.78 is 6.49. The van der Waals surface area contributed by atoms with Crippen molar-refractivity contribution in [2.75, 3.05) is 13.1 Å². The first kappa shape index (κ1) is 18.7. The number of ether oxygens (including phenoxy) is 1. The number of nitrogens with one attached hydrogen (secondary N) is 1. The van der Waals surface area contributed by atoms with Crippen molar-refractivity contribution in [1.29, 1.82) is 0 Å². The summed E-state index contributed by atoms with van der Waals surface area (Å²) in [4.78, 5) is 19.0. The molecule has 25 heavy (non-hydrogen) atoms. The number of hydrogen-bond donors (Lipinski definition) is 2. The SMILES string of the molecule is CC(C)(C)OC(=O)N1CCC2(CC1)N=C(c1cccc(Br)c1)C(S)N2. The van der Waals surface area contributed by atoms with Crippen molar-refractivity contribution in [3.05, 3.63) is 34.3 Å². The molecule has 1 atom stereocenters. The van der Waals surface area contributed by atoms with Gasteiger partial charge in [0.1, 0.15) is 11.3 Å². The fraction of sp³-hybridized carbons (Fsp3) is 0.556. The van der Waals surface area contributed by atoms with Gasteiger partial charge in [0.2, 0.25) is 0 Å². The van der Waals surface area contributed by atoms with E-state index in [1.165, 1.54) is 0 Å². The Morgan fingerprint density at radius 3 is 2.68 bits per heavy atom. The van der Waals surface area contributed by atoms with Gasteiger partial charge in [-0.25, -0.2) is 4.79 Å². The van der Waals surface area contributed by atoms with Crippen LogP contribution in [0.1, 0.15) is 39.2 Å². The maximum Gasteiger partial charge on any atom is 0.410 e. The molecule has 0 bridgehead atoms. The maximum atomic E-state index is 12.2. The highest BCUT2D eigenvalue weighted by Gasteiger charge is 2.42. The van der Waals surface area contributed by atoms with Gasteiger partial charge in [-0.15, -0.1) is 0 Å². The van der Waals surface area contributed by atoms with Crippen LogP contribution in [0.15, 0.2) is 33.7 Å². The third-order valence-corrected chi connectivity index (χ3v) is 5.23. The number of amides is 1. The second-order valence-corrected chi connectivity index (χ2v) is 8.99. The number of likely N-dealkylation sites (tertiary alicyclic amines) is 1. The Kier molecular flexibility index (Phi) is 5.19. The van der Waals surface area contributed by atoms with Crippen LogP contribution in [0, 0.1) is 0 Å². The Hall–Kier alpha value is -1.05. The monoisotopic (exact) mass is 425 g/mol. The standard InChI is InChI=1S/C18H24BrN3O2S/c1-17(2,3)24-16(23)22-9-7-18(8-10-22)20-14(15(25)21-18)12-5-4-6-13(19)11-12/h4-6,11,15,21,25H,7-10H2,1-3H3. The Morgan fingerprint density at radius 1 is 1.40 bits per heavy atom. The number of benzene rings is 1. The van der Waals surface area contributed by atoms with Crippen LogP contribution in [0.2, 0.25) is 0 Å². The van der Waals surface area contributed by atoms with Crippen LogP contribution >= 0.6 is 28.6 Å². The molecule has 1 saturated heterocycles. The molecule has 1 spiro atoms. The minimum Gasteiger partial charge on any atom is -0.444 e. The van der Waals surface area contributed by atoms with Gasteiger partial charge in [-0.05, 0) is 38.5 Å². The van der Waals surface area contributed by atoms with Crippen LogP contribution in [-0.4, -0.2) is 46.4 Å². The van der Waals surface area contributed by atoms with Crippen molar-refractivity contribution in [2.45, 2.75) is 50.3 Å². The Morgan fingerprint density at radius 2 is 2.08 bits per heavy atom. The smallest absolute Gasteiger partial charge is 0.410 e. The minimum absolute atomic E-state index is 0.109. The van der Waals surface area contributed by atoms with Crippen LogP contribution in [0.3, 0.4) is 0 Å². The van der Waals surface area contributed by atoms with E-state index < -0.39 is 5.60 Å². The Bertz CT molecular complexity index is 694. The molecule has 2 aliphatic rings. The molecule has 1 amide bonds. The summed E-state index contributed by atoms with van der Waals surface area (Å²) >= 11 is 8.18. The van der Waals surface area contributed by atoms with Crippen molar-refractivity contribution in [3.8, 4) is 0 Å². The molecule has 1 fully saturated rings. The highest BCUT2D eigenvalue weighted by molar-refractivity contribution is 9.10. The van der Waals surface area contributed by atoms with E-state index in [0.29, 0.717) is 13.1 Å². The molecule has 2 aliphatic heterocycles. The summed E-state index contributed by atoms with van der Waals surface area (Å²) in [6, 6.07) is 8.09. The number of halogens is 1. The second-order valence-electron chi connectivity index (χ2n) is 7.55. The molecule has 1 aromatic carbocycles. The van der Waals surface area contributed by atoms with Gasteiger partial charge in [0.15, 0.2) is 0 Å². The van der Waals surface area contributed by atoms with Gasteiger partial charge in [0, 0.05) is 30.4 Å². The lowest BCUT2D eigenvalue weighted by molar-refractivity contribution is 0.0159. The van der Waals surface area contributed by atoms with E-state index in [1.807, 2.05) is 39.0 Å². The van der Waals surface area contributed by atoms with Gasteiger partial charge >= 0.3 is 6.09 Å². The van der Waals surface area contributed by atoms with Gasteiger partial charge in [-0.3, -0.25) is 10.3 Å². The quantitative estimate of drug-likeness (QED) is 0.672. The minimum atomic E-state index is -0.472. The average Bonchev–Trinajstić information content (AvgIpc) is 2.82. The third kappa shape index (κ3) is 4.38. The van der Waals surface area contributed by atoms with E-state index in [4.69, 9.17) is 9.73 Å². The first-order chi connectivity index (χ1) is 11.7. The molecule has 2 heterocycles. The van der Waals surface area contributed by atoms with E-state index in [1.54, 1.807) is 4.90 Å². The molecule has 1 unspecified atom stereocenters. The molecule has 0 saturated carbocycles. The number of thiol groups is 1. The summed E-state index contributed by atoms with van der Waals surface area (Å²) in [5.74, 6) is 0. The van der Waals surface area contributed by atoms with Crippen LogP contribution in [0.5, 0.6) is 0 Å². The van der Waals surface area contributed by atoms with Gasteiger partial charge < -0.3 is 9.64 Å². The summed E-state index contributed by atoms with van der Waals surface area (Å²) in [7, 11) is 0. The zero-order valence-corrected chi connectivity index (χ0v) is 17.2. The predicted octanol–water partition coefficient (Wildman–Crippen LogP) is 3.82. The second kappa shape index (κ2) is 6.93. The average molecular weight is 426 g/mol. The van der Waals surface area contributed by atoms with Gasteiger partial charge in [-0.1, -0.05) is 28.1 Å². The van der Waals surface area contributed by atoms with E-state index >= 15 is 0 Å². The van der Waals surface area contributed by atoms with E-state index in [0.717, 1.165) is 28.6 Å². The highest BCUT2D eigenvalue weighted by atomic mass is 79.9. The molecule has 1 N–H and O–H groups in total. The molecule has 5 nitrogen and oxygen atoms in total. The zero-order valence-electron chi connectivity index (χ0n) is 14.8. The molecular formula is C18H24BrN3O2S. The summed E-state index contributed by atoms with van der Waals surface area (Å²) in [5, 5.41) is 3.40. The topological polar surface area (TPSA) is 53.9 Å². The molecule has 136 valence electrons. The number of rotatable bonds is 1. The number of carbonyl (C=O) groups excluding carboxylic acids is 1. The van der Waals surface area contributed by atoms with Crippen molar-refractivity contribution in [2.24, 2.45) is 4.99 Å². The van der Waals surface area contributed by atoms with Crippen molar-refractivity contribution < 1.29 is 9.53 Å². The van der Waals surface area contributed by atoms with Crippen LogP contribution < -0.4 is 5.32 Å². The fourth-order valence-corrected chi connectivity index (χ4v) is 4.01. The third-order valence-electron chi connectivity index (χ3n) is 4.36. The number of aliphatic imine (C=N–C) groups is 1. The predicted molar refractivity (Wildman–Crippen MR) is 106 cm³/mol. The number of hydrogen-bond acceptors (Lipinski definition) is 5. The number of nitrogens with zero attached hydrogens (tertiary/aromatic N) is 2. The lowest BCUT2D eigenvalue weighted by Crippen LogP contribution is -2.53. The first-order valence-electron chi connectivity index (χ1n) is 8.47. The molecule has 0 radical (unpaired) electrons. The Labute approximate surface area is 162 Å². The molecule has 7 heteroatoms. The maximum absolute atomic E-state index is 12.2. The lowest BCUT2D eigenvalue weighted by atomic mass is 9.98. The normalized spacial score (nSPS) is 22.8. The highest BCUT2D eigenvalue weighted by Crippen LogP contribution is 2.32. The van der Waals surface area contributed by atoms with Crippen molar-refractivity contribution in [1.82, 2.24) is 10.2 Å². The molecule has 0 aliphatic carbocycles. The summed E-state index contributed by atoms with van der Waals surface area (Å²) in [6.07, 6.45) is 1.25. The fourth-order valence-electron chi connectivity index (χ4n) is 3.16. The summed E-state index contributed by atoms with van der Waals surface area (Å²) in [5.41, 5.74) is 1.20. The van der Waals surface area contributed by atoms with E-state index in [-0.39, 0.29) is 17.1 Å². The van der Waals surface area contributed by atoms with Crippen molar-refractivity contribution >= 4 is 40.4 Å². The van der Waals surface area contributed by atoms with Crippen LogP contribution in [0.4, 0.5) is 4.79 Å². The lowest BCUT2D eigenvalue weighted by Gasteiger charge is -2.38. The molecular weight excluding hydrogens is 402 g/mol. The van der Waals surface area contributed by atoms with Crippen LogP contribution in [-0.2, 0) is 4.74 Å². The molecule has 3 rings (SSSR count). The zero-order chi connectivity index (χ0) is 18.2. The first-order valence-corrected chi connectivity index (χ1v) is 9.78. The molecule has 0 aromatic heterocycles.